The molecule has 10 heteroatoms. The topological polar surface area (TPSA) is 169 Å². The van der Waals surface area contributed by atoms with E-state index in [1.807, 2.05) is 0 Å². The van der Waals surface area contributed by atoms with Crippen LogP contribution in [-0.4, -0.2) is 104 Å². The van der Waals surface area contributed by atoms with E-state index in [4.69, 9.17) is 19.3 Å². The second-order valence-corrected chi connectivity index (χ2v) is 5.08. The Kier molecular flexibility index (Phi) is 5.48. The number of hydrogen-bond donors (Lipinski definition) is 7. The van der Waals surface area contributed by atoms with E-state index < -0.39 is 61.9 Å². The zero-order valence-electron chi connectivity index (χ0n) is 11.0. The van der Waals surface area contributed by atoms with Crippen LogP contribution < -0.4 is 0 Å². The van der Waals surface area contributed by atoms with Crippen LogP contribution in [0.3, 0.4) is 0 Å². The van der Waals surface area contributed by atoms with Gasteiger partial charge in [-0.25, -0.2) is 0 Å². The van der Waals surface area contributed by atoms with E-state index in [2.05, 4.69) is 0 Å². The summed E-state index contributed by atoms with van der Waals surface area (Å²) in [5, 5.41) is 66.5. The van der Waals surface area contributed by atoms with E-state index in [0.29, 0.717) is 0 Å². The summed E-state index contributed by atoms with van der Waals surface area (Å²) in [6.45, 7) is -0.899. The highest BCUT2D eigenvalue weighted by atomic mass is 16.7. The smallest absolute Gasteiger partial charge is 0.187 e. The van der Waals surface area contributed by atoms with E-state index in [0.717, 1.165) is 0 Å². The van der Waals surface area contributed by atoms with Gasteiger partial charge in [0.05, 0.1) is 13.2 Å². The summed E-state index contributed by atoms with van der Waals surface area (Å²) in [6, 6.07) is 0. The standard InChI is InChI=1S/C11H20O10/c12-1-3-5(13)7(15)9(17)11(20-3)21-4-2-19-10(18)8(16)6(4)14/h3-18H,1-2H2/t3-,4-,5+,6-,7+,8+,9-,10-,11+/m1/s1. The van der Waals surface area contributed by atoms with Gasteiger partial charge in [0.15, 0.2) is 12.6 Å². The summed E-state index contributed by atoms with van der Waals surface area (Å²) in [6.07, 6.45) is -13.2. The predicted octanol–water partition coefficient (Wildman–Crippen LogP) is -4.76. The highest BCUT2D eigenvalue weighted by Gasteiger charge is 2.47. The molecule has 0 spiro atoms. The molecule has 0 aromatic rings. The van der Waals surface area contributed by atoms with Crippen molar-refractivity contribution in [2.45, 2.75) is 55.3 Å². The van der Waals surface area contributed by atoms with E-state index in [1.165, 1.54) is 0 Å². The molecule has 10 nitrogen and oxygen atoms in total. The van der Waals surface area contributed by atoms with Crippen molar-refractivity contribution in [3.63, 3.8) is 0 Å². The second kappa shape index (κ2) is 6.79. The number of ether oxygens (including phenoxy) is 3. The van der Waals surface area contributed by atoms with Gasteiger partial charge in [-0.3, -0.25) is 0 Å². The first-order chi connectivity index (χ1) is 9.86. The Hall–Kier alpha value is -0.400. The van der Waals surface area contributed by atoms with Crippen molar-refractivity contribution in [2.75, 3.05) is 13.2 Å². The largest absolute Gasteiger partial charge is 0.394 e. The van der Waals surface area contributed by atoms with Crippen molar-refractivity contribution in [1.82, 2.24) is 0 Å². The zero-order valence-corrected chi connectivity index (χ0v) is 11.0. The SMILES string of the molecule is OC[C@H]1O[C@@H](O[C@@H]2CO[C@@H](O)[C@@H](O)[C@@H]2O)[C@H](O)[C@@H](O)[C@H]1O. The van der Waals surface area contributed by atoms with Crippen LogP contribution in [0.15, 0.2) is 0 Å². The minimum Gasteiger partial charge on any atom is -0.394 e. The van der Waals surface area contributed by atoms with Gasteiger partial charge in [0.25, 0.3) is 0 Å². The fourth-order valence-corrected chi connectivity index (χ4v) is 2.25. The van der Waals surface area contributed by atoms with Crippen molar-refractivity contribution in [1.29, 1.82) is 0 Å². The van der Waals surface area contributed by atoms with Crippen LogP contribution in [0.1, 0.15) is 0 Å². The monoisotopic (exact) mass is 312 g/mol. The van der Waals surface area contributed by atoms with E-state index in [9.17, 15) is 30.6 Å². The first kappa shape index (κ1) is 17.0. The molecule has 21 heavy (non-hydrogen) atoms. The van der Waals surface area contributed by atoms with Gasteiger partial charge < -0.3 is 50.0 Å². The molecule has 9 atom stereocenters. The third kappa shape index (κ3) is 3.35. The number of aliphatic hydroxyl groups is 7. The minimum absolute atomic E-state index is 0.283. The number of rotatable bonds is 3. The van der Waals surface area contributed by atoms with Crippen molar-refractivity contribution in [2.24, 2.45) is 0 Å². The summed E-state index contributed by atoms with van der Waals surface area (Å²) in [7, 11) is 0. The predicted molar refractivity (Wildman–Crippen MR) is 62.6 cm³/mol. The molecule has 2 heterocycles. The molecule has 0 radical (unpaired) electrons. The lowest BCUT2D eigenvalue weighted by atomic mass is 9.99. The van der Waals surface area contributed by atoms with Gasteiger partial charge in [-0.05, 0) is 0 Å². The van der Waals surface area contributed by atoms with Gasteiger partial charge in [0.2, 0.25) is 0 Å². The normalized spacial score (nSPS) is 51.9. The van der Waals surface area contributed by atoms with Gasteiger partial charge in [-0.1, -0.05) is 0 Å². The van der Waals surface area contributed by atoms with Gasteiger partial charge in [0, 0.05) is 0 Å². The molecule has 124 valence electrons. The van der Waals surface area contributed by atoms with Gasteiger partial charge >= 0.3 is 0 Å². The number of hydrogen-bond acceptors (Lipinski definition) is 10. The summed E-state index contributed by atoms with van der Waals surface area (Å²) < 4.78 is 15.1. The molecule has 0 aromatic carbocycles. The number of aliphatic hydroxyl groups excluding tert-OH is 7. The van der Waals surface area contributed by atoms with Crippen LogP contribution in [0.2, 0.25) is 0 Å². The van der Waals surface area contributed by atoms with E-state index >= 15 is 0 Å². The Balaban J connectivity index is 2.01. The molecule has 0 saturated carbocycles. The fraction of sp³-hybridized carbons (Fsp3) is 1.00. The quantitative estimate of drug-likeness (QED) is 0.268. The van der Waals surface area contributed by atoms with Gasteiger partial charge in [0.1, 0.15) is 42.7 Å². The first-order valence-electron chi connectivity index (χ1n) is 6.48. The lowest BCUT2D eigenvalue weighted by Crippen LogP contribution is -2.62. The molecule has 2 saturated heterocycles. The average Bonchev–Trinajstić information content (AvgIpc) is 2.48. The summed E-state index contributed by atoms with van der Waals surface area (Å²) in [4.78, 5) is 0. The molecule has 2 fully saturated rings. The minimum atomic E-state index is -1.63. The highest BCUT2D eigenvalue weighted by molar-refractivity contribution is 4.91. The maximum atomic E-state index is 9.78. The second-order valence-electron chi connectivity index (χ2n) is 5.08. The molecular weight excluding hydrogens is 292 g/mol. The van der Waals surface area contributed by atoms with Crippen LogP contribution >= 0.6 is 0 Å². The van der Waals surface area contributed by atoms with Crippen molar-refractivity contribution >= 4 is 0 Å². The summed E-state index contributed by atoms with van der Waals surface area (Å²) >= 11 is 0. The lowest BCUT2D eigenvalue weighted by Gasteiger charge is -2.43. The molecule has 0 aromatic heterocycles. The van der Waals surface area contributed by atoms with E-state index in [1.54, 1.807) is 0 Å². The average molecular weight is 312 g/mol. The zero-order chi connectivity index (χ0) is 15.7. The van der Waals surface area contributed by atoms with Crippen LogP contribution in [0.5, 0.6) is 0 Å². The third-order valence-electron chi connectivity index (χ3n) is 3.61. The molecule has 2 rings (SSSR count). The Labute approximate surface area is 119 Å². The summed E-state index contributed by atoms with van der Waals surface area (Å²) in [5.41, 5.74) is 0. The Morgan fingerprint density at radius 1 is 0.857 bits per heavy atom. The van der Waals surface area contributed by atoms with Gasteiger partial charge in [-0.2, -0.15) is 0 Å². The van der Waals surface area contributed by atoms with Crippen LogP contribution in [-0.2, 0) is 14.2 Å². The Morgan fingerprint density at radius 3 is 2.14 bits per heavy atom. The van der Waals surface area contributed by atoms with E-state index in [-0.39, 0.29) is 6.61 Å². The third-order valence-corrected chi connectivity index (χ3v) is 3.61. The first-order valence-corrected chi connectivity index (χ1v) is 6.48. The van der Waals surface area contributed by atoms with Crippen molar-refractivity contribution in [3.05, 3.63) is 0 Å². The molecule has 0 amide bonds. The molecule has 0 bridgehead atoms. The molecule has 2 aliphatic rings. The Bertz CT molecular complexity index is 339. The molecular formula is C11H20O10. The maximum Gasteiger partial charge on any atom is 0.187 e. The molecule has 7 N–H and O–H groups in total. The van der Waals surface area contributed by atoms with Crippen molar-refractivity contribution in [3.8, 4) is 0 Å². The lowest BCUT2D eigenvalue weighted by molar-refractivity contribution is -0.340. The summed E-state index contributed by atoms with van der Waals surface area (Å²) in [5.74, 6) is 0. The Morgan fingerprint density at radius 2 is 1.52 bits per heavy atom. The van der Waals surface area contributed by atoms with Gasteiger partial charge in [-0.15, -0.1) is 0 Å². The van der Waals surface area contributed by atoms with Crippen LogP contribution in [0.4, 0.5) is 0 Å². The maximum absolute atomic E-state index is 9.78. The molecule has 0 aliphatic carbocycles. The van der Waals surface area contributed by atoms with Crippen LogP contribution in [0, 0.1) is 0 Å². The molecule has 0 unspecified atom stereocenters. The molecule has 2 aliphatic heterocycles. The highest BCUT2D eigenvalue weighted by Crippen LogP contribution is 2.25. The fourth-order valence-electron chi connectivity index (χ4n) is 2.25. The van der Waals surface area contributed by atoms with Crippen LogP contribution in [0.25, 0.3) is 0 Å². The van der Waals surface area contributed by atoms with Crippen molar-refractivity contribution < 1.29 is 50.0 Å².